The maximum absolute atomic E-state index is 12.6. The minimum Gasteiger partial charge on any atom is -0.480 e. The van der Waals surface area contributed by atoms with Crippen molar-refractivity contribution in [3.8, 4) is 0 Å². The maximum atomic E-state index is 12.6. The Kier molecular flexibility index (Phi) is 3.29. The fraction of sp³-hybridized carbons (Fsp3) is 0.231. The summed E-state index contributed by atoms with van der Waals surface area (Å²) in [5, 5.41) is 9.05. The summed E-state index contributed by atoms with van der Waals surface area (Å²) in [7, 11) is 0. The topological polar surface area (TPSA) is 59.3 Å². The molecule has 1 heterocycles. The second-order valence-electron chi connectivity index (χ2n) is 4.34. The van der Waals surface area contributed by atoms with Crippen molar-refractivity contribution in [3.05, 3.63) is 46.4 Å². The van der Waals surface area contributed by atoms with Gasteiger partial charge < -0.3 is 9.67 Å². The van der Waals surface area contributed by atoms with Crippen molar-refractivity contribution < 1.29 is 23.1 Å². The van der Waals surface area contributed by atoms with E-state index < -0.39 is 29.3 Å². The molecule has 0 spiro atoms. The predicted molar refractivity (Wildman–Crippen MR) is 65.6 cm³/mol. The molecule has 0 saturated heterocycles. The number of fused-ring (bicyclic) bond motifs is 1. The van der Waals surface area contributed by atoms with Gasteiger partial charge in [-0.2, -0.15) is 13.2 Å². The average molecular weight is 285 g/mol. The van der Waals surface area contributed by atoms with Crippen molar-refractivity contribution in [2.45, 2.75) is 19.1 Å². The molecule has 2 aromatic rings. The molecular weight excluding hydrogens is 275 g/mol. The van der Waals surface area contributed by atoms with Gasteiger partial charge in [-0.25, -0.2) is 4.79 Å². The van der Waals surface area contributed by atoms with E-state index in [0.717, 1.165) is 22.8 Å². The molecule has 0 aliphatic carbocycles. The lowest BCUT2D eigenvalue weighted by Crippen LogP contribution is -2.27. The third-order valence-electron chi connectivity index (χ3n) is 3.03. The van der Waals surface area contributed by atoms with Crippen LogP contribution in [0.15, 0.2) is 35.3 Å². The van der Waals surface area contributed by atoms with Crippen molar-refractivity contribution in [1.82, 2.24) is 4.57 Å². The van der Waals surface area contributed by atoms with Gasteiger partial charge in [0.05, 0.1) is 5.56 Å². The van der Waals surface area contributed by atoms with Gasteiger partial charge in [-0.15, -0.1) is 0 Å². The van der Waals surface area contributed by atoms with Gasteiger partial charge in [0, 0.05) is 11.6 Å². The number of hydrogen-bond acceptors (Lipinski definition) is 2. The molecule has 0 aliphatic heterocycles. The highest BCUT2D eigenvalue weighted by molar-refractivity contribution is 5.82. The lowest BCUT2D eigenvalue weighted by atomic mass is 10.1. The van der Waals surface area contributed by atoms with Gasteiger partial charge in [0.15, 0.2) is 0 Å². The Morgan fingerprint density at radius 1 is 1.30 bits per heavy atom. The van der Waals surface area contributed by atoms with Crippen molar-refractivity contribution in [1.29, 1.82) is 0 Å². The van der Waals surface area contributed by atoms with Crippen molar-refractivity contribution in [3.63, 3.8) is 0 Å². The number of alkyl halides is 3. The van der Waals surface area contributed by atoms with Crippen LogP contribution in [0, 0.1) is 0 Å². The van der Waals surface area contributed by atoms with E-state index in [1.807, 2.05) is 0 Å². The summed E-state index contributed by atoms with van der Waals surface area (Å²) in [4.78, 5) is 22.9. The van der Waals surface area contributed by atoms with E-state index in [2.05, 4.69) is 0 Å². The number of nitrogens with zero attached hydrogens (tertiary/aromatic N) is 1. The van der Waals surface area contributed by atoms with Crippen LogP contribution in [0.1, 0.15) is 18.5 Å². The fourth-order valence-electron chi connectivity index (χ4n) is 1.86. The number of halogens is 3. The van der Waals surface area contributed by atoms with Crippen LogP contribution in [0.5, 0.6) is 0 Å². The highest BCUT2D eigenvalue weighted by atomic mass is 19.4. The van der Waals surface area contributed by atoms with Gasteiger partial charge in [-0.05, 0) is 36.6 Å². The number of aromatic nitrogens is 1. The van der Waals surface area contributed by atoms with E-state index in [1.54, 1.807) is 0 Å². The zero-order chi connectivity index (χ0) is 15.1. The maximum Gasteiger partial charge on any atom is 0.416 e. The molecule has 106 valence electrons. The van der Waals surface area contributed by atoms with Gasteiger partial charge in [0.2, 0.25) is 0 Å². The van der Waals surface area contributed by atoms with Crippen LogP contribution in [0.2, 0.25) is 0 Å². The normalized spacial score (nSPS) is 13.4. The second-order valence-corrected chi connectivity index (χ2v) is 4.34. The Morgan fingerprint density at radius 3 is 2.50 bits per heavy atom. The zero-order valence-corrected chi connectivity index (χ0v) is 10.3. The van der Waals surface area contributed by atoms with Crippen LogP contribution in [0.25, 0.3) is 10.8 Å². The molecule has 7 heteroatoms. The highest BCUT2D eigenvalue weighted by Crippen LogP contribution is 2.30. The number of pyridine rings is 1. The standard InChI is InChI=1S/C13H10F3NO3/c1-7(12(19)20)17-5-4-8-6-9(13(14,15)16)2-3-10(8)11(17)18/h2-7H,1H3,(H,19,20). The first kappa shape index (κ1) is 14.1. The van der Waals surface area contributed by atoms with Crippen LogP contribution in [0.3, 0.4) is 0 Å². The zero-order valence-electron chi connectivity index (χ0n) is 10.3. The largest absolute Gasteiger partial charge is 0.480 e. The summed E-state index contributed by atoms with van der Waals surface area (Å²) < 4.78 is 38.7. The molecule has 1 aromatic heterocycles. The molecule has 0 saturated carbocycles. The van der Waals surface area contributed by atoms with E-state index >= 15 is 0 Å². The summed E-state index contributed by atoms with van der Waals surface area (Å²) in [6.07, 6.45) is -3.30. The minimum absolute atomic E-state index is 0.0496. The number of hydrogen-bond donors (Lipinski definition) is 1. The highest BCUT2D eigenvalue weighted by Gasteiger charge is 2.30. The average Bonchev–Trinajstić information content (AvgIpc) is 2.37. The Hall–Kier alpha value is -2.31. The van der Waals surface area contributed by atoms with E-state index in [9.17, 15) is 22.8 Å². The van der Waals surface area contributed by atoms with Gasteiger partial charge in [-0.1, -0.05) is 0 Å². The lowest BCUT2D eigenvalue weighted by molar-refractivity contribution is -0.140. The molecule has 1 atom stereocenters. The molecule has 1 aromatic carbocycles. The molecule has 2 rings (SSSR count). The van der Waals surface area contributed by atoms with Gasteiger partial charge in [-0.3, -0.25) is 4.79 Å². The Balaban J connectivity index is 2.65. The van der Waals surface area contributed by atoms with Gasteiger partial charge in [0.25, 0.3) is 5.56 Å². The molecule has 1 unspecified atom stereocenters. The summed E-state index contributed by atoms with van der Waals surface area (Å²) in [6.45, 7) is 1.32. The minimum atomic E-state index is -4.49. The van der Waals surface area contributed by atoms with Gasteiger partial charge >= 0.3 is 12.1 Å². The summed E-state index contributed by atoms with van der Waals surface area (Å²) in [5.41, 5.74) is -1.49. The Bertz CT molecular complexity index is 734. The number of benzene rings is 1. The molecule has 20 heavy (non-hydrogen) atoms. The fourth-order valence-corrected chi connectivity index (χ4v) is 1.86. The first-order chi connectivity index (χ1) is 9.21. The Labute approximate surface area is 111 Å². The number of carboxylic acid groups (broad SMARTS) is 1. The third-order valence-corrected chi connectivity index (χ3v) is 3.03. The van der Waals surface area contributed by atoms with E-state index in [-0.39, 0.29) is 10.8 Å². The summed E-state index contributed by atoms with van der Waals surface area (Å²) in [6, 6.07) is 2.94. The van der Waals surface area contributed by atoms with Crippen LogP contribution < -0.4 is 5.56 Å². The van der Waals surface area contributed by atoms with E-state index in [1.165, 1.54) is 19.2 Å². The first-order valence-corrected chi connectivity index (χ1v) is 5.66. The number of rotatable bonds is 2. The predicted octanol–water partition coefficient (Wildman–Crippen LogP) is 2.67. The van der Waals surface area contributed by atoms with Crippen molar-refractivity contribution in [2.75, 3.05) is 0 Å². The third kappa shape index (κ3) is 2.38. The van der Waals surface area contributed by atoms with Crippen LogP contribution in [-0.2, 0) is 11.0 Å². The number of aliphatic carboxylic acids is 1. The van der Waals surface area contributed by atoms with E-state index in [4.69, 9.17) is 5.11 Å². The van der Waals surface area contributed by atoms with Gasteiger partial charge in [0.1, 0.15) is 6.04 Å². The Morgan fingerprint density at radius 2 is 1.95 bits per heavy atom. The number of carbonyl (C=O) groups is 1. The van der Waals surface area contributed by atoms with Crippen LogP contribution >= 0.6 is 0 Å². The molecule has 0 aliphatic rings. The number of carboxylic acids is 1. The van der Waals surface area contributed by atoms with Crippen molar-refractivity contribution in [2.24, 2.45) is 0 Å². The molecule has 0 radical (unpaired) electrons. The molecule has 4 nitrogen and oxygen atoms in total. The van der Waals surface area contributed by atoms with Crippen LogP contribution in [-0.4, -0.2) is 15.6 Å². The first-order valence-electron chi connectivity index (χ1n) is 5.66. The molecule has 0 amide bonds. The SMILES string of the molecule is CC(C(=O)O)n1ccc2cc(C(F)(F)F)ccc2c1=O. The summed E-state index contributed by atoms with van der Waals surface area (Å²) in [5.74, 6) is -1.20. The van der Waals surface area contributed by atoms with Crippen molar-refractivity contribution >= 4 is 16.7 Å². The monoisotopic (exact) mass is 285 g/mol. The quantitative estimate of drug-likeness (QED) is 0.922. The summed E-state index contributed by atoms with van der Waals surface area (Å²) >= 11 is 0. The molecular formula is C13H10F3NO3. The van der Waals surface area contributed by atoms with E-state index in [0.29, 0.717) is 0 Å². The smallest absolute Gasteiger partial charge is 0.416 e. The molecule has 1 N–H and O–H groups in total. The molecule has 0 bridgehead atoms. The lowest BCUT2D eigenvalue weighted by Gasteiger charge is -2.12. The molecule has 0 fully saturated rings. The van der Waals surface area contributed by atoms with Crippen LogP contribution in [0.4, 0.5) is 13.2 Å². The second kappa shape index (κ2) is 4.66.